The first-order valence-corrected chi connectivity index (χ1v) is 6.28. The topological polar surface area (TPSA) is 64.6 Å². The first-order chi connectivity index (χ1) is 8.21. The van der Waals surface area contributed by atoms with Crippen LogP contribution >= 0.6 is 0 Å². The van der Waals surface area contributed by atoms with Crippen molar-refractivity contribution >= 4 is 11.9 Å². The molecule has 0 saturated carbocycles. The molecule has 1 saturated heterocycles. The van der Waals surface area contributed by atoms with Crippen molar-refractivity contribution in [3.05, 3.63) is 0 Å². The van der Waals surface area contributed by atoms with E-state index in [1.807, 2.05) is 6.92 Å². The molecule has 104 valence electrons. The van der Waals surface area contributed by atoms with E-state index >= 15 is 0 Å². The number of hydrogen-bond donors (Lipinski definition) is 1. The molecule has 0 aromatic carbocycles. The summed E-state index contributed by atoms with van der Waals surface area (Å²) in [5, 5.41) is 2.99. The Bertz CT molecular complexity index is 334. The van der Waals surface area contributed by atoms with Gasteiger partial charge in [-0.15, -0.1) is 0 Å². The van der Waals surface area contributed by atoms with Gasteiger partial charge in [-0.25, -0.2) is 9.59 Å². The Hall–Kier alpha value is -1.10. The molecule has 0 bridgehead atoms. The lowest BCUT2D eigenvalue weighted by atomic mass is 9.82. The molecule has 1 aliphatic rings. The van der Waals surface area contributed by atoms with Crippen LogP contribution < -0.4 is 5.32 Å². The maximum atomic E-state index is 12.3. The Balaban J connectivity index is 2.97. The van der Waals surface area contributed by atoms with Crippen molar-refractivity contribution in [3.8, 4) is 0 Å². The maximum absolute atomic E-state index is 12.3. The van der Waals surface area contributed by atoms with E-state index in [2.05, 4.69) is 5.32 Å². The van der Waals surface area contributed by atoms with Crippen LogP contribution in [0.4, 0.5) is 0 Å². The van der Waals surface area contributed by atoms with Gasteiger partial charge in [0.25, 0.3) is 0 Å². The molecule has 1 aliphatic heterocycles. The molecule has 5 heteroatoms. The fourth-order valence-corrected chi connectivity index (χ4v) is 2.16. The zero-order valence-corrected chi connectivity index (χ0v) is 11.8. The van der Waals surface area contributed by atoms with Gasteiger partial charge in [0.1, 0.15) is 5.60 Å². The molecule has 1 unspecified atom stereocenters. The van der Waals surface area contributed by atoms with Crippen molar-refractivity contribution in [1.29, 1.82) is 0 Å². The molecule has 0 radical (unpaired) electrons. The molecule has 0 aliphatic carbocycles. The van der Waals surface area contributed by atoms with Crippen molar-refractivity contribution in [2.45, 2.75) is 51.7 Å². The van der Waals surface area contributed by atoms with E-state index in [9.17, 15) is 9.59 Å². The van der Waals surface area contributed by atoms with Crippen molar-refractivity contribution in [2.75, 3.05) is 13.7 Å². The number of ether oxygens (including phenoxy) is 2. The molecular weight excluding hydrogens is 234 g/mol. The summed E-state index contributed by atoms with van der Waals surface area (Å²) in [6.45, 7) is 7.96. The molecule has 1 heterocycles. The van der Waals surface area contributed by atoms with E-state index in [1.54, 1.807) is 20.8 Å². The lowest BCUT2D eigenvalue weighted by Gasteiger charge is -2.38. The van der Waals surface area contributed by atoms with Gasteiger partial charge in [-0.3, -0.25) is 5.32 Å². The summed E-state index contributed by atoms with van der Waals surface area (Å²) in [7, 11) is 1.29. The first-order valence-electron chi connectivity index (χ1n) is 6.28. The second kappa shape index (κ2) is 5.26. The van der Waals surface area contributed by atoms with Gasteiger partial charge >= 0.3 is 11.9 Å². The molecule has 18 heavy (non-hydrogen) atoms. The summed E-state index contributed by atoms with van der Waals surface area (Å²) in [5.74, 6) is -0.838. The first kappa shape index (κ1) is 15.0. The highest BCUT2D eigenvalue weighted by molar-refractivity contribution is 6.05. The van der Waals surface area contributed by atoms with Crippen LogP contribution in [0.1, 0.15) is 40.5 Å². The van der Waals surface area contributed by atoms with Crippen molar-refractivity contribution in [3.63, 3.8) is 0 Å². The monoisotopic (exact) mass is 257 g/mol. The highest BCUT2D eigenvalue weighted by Crippen LogP contribution is 2.28. The number of rotatable bonds is 2. The maximum Gasteiger partial charge on any atom is 0.338 e. The number of hydrogen-bond acceptors (Lipinski definition) is 5. The van der Waals surface area contributed by atoms with E-state index in [1.165, 1.54) is 7.11 Å². The molecule has 0 amide bonds. The molecule has 0 aromatic heterocycles. The number of esters is 2. The van der Waals surface area contributed by atoms with Gasteiger partial charge in [-0.05, 0) is 46.1 Å². The summed E-state index contributed by atoms with van der Waals surface area (Å²) >= 11 is 0. The third-order valence-electron chi connectivity index (χ3n) is 3.00. The minimum atomic E-state index is -1.35. The van der Waals surface area contributed by atoms with Crippen LogP contribution in [-0.2, 0) is 19.1 Å². The summed E-state index contributed by atoms with van der Waals surface area (Å²) in [6, 6.07) is 0. The molecule has 1 fully saturated rings. The second-order valence-corrected chi connectivity index (χ2v) is 5.92. The summed E-state index contributed by atoms with van der Waals surface area (Å²) < 4.78 is 10.1. The average Bonchev–Trinajstić information content (AvgIpc) is 2.25. The van der Waals surface area contributed by atoms with Crippen LogP contribution in [-0.4, -0.2) is 36.7 Å². The summed E-state index contributed by atoms with van der Waals surface area (Å²) in [6.07, 6.45) is 1.34. The van der Waals surface area contributed by atoms with Gasteiger partial charge in [0.2, 0.25) is 5.54 Å². The number of nitrogens with one attached hydrogen (secondary N) is 1. The van der Waals surface area contributed by atoms with Crippen LogP contribution in [0.3, 0.4) is 0 Å². The molecule has 1 N–H and O–H groups in total. The van der Waals surface area contributed by atoms with Gasteiger partial charge in [0, 0.05) is 0 Å². The Labute approximate surface area is 108 Å². The average molecular weight is 257 g/mol. The van der Waals surface area contributed by atoms with Gasteiger partial charge in [-0.2, -0.15) is 0 Å². The van der Waals surface area contributed by atoms with E-state index in [0.717, 1.165) is 6.42 Å². The molecule has 5 nitrogen and oxygen atoms in total. The minimum absolute atomic E-state index is 0.276. The van der Waals surface area contributed by atoms with Gasteiger partial charge < -0.3 is 9.47 Å². The SMILES string of the molecule is COC(=O)[C@@]1(C(=O)OC(C)(C)C)CC(C)CCN1. The Morgan fingerprint density at radius 2 is 1.89 bits per heavy atom. The van der Waals surface area contributed by atoms with E-state index in [0.29, 0.717) is 13.0 Å². The molecule has 0 aromatic rings. The van der Waals surface area contributed by atoms with Crippen LogP contribution in [0.25, 0.3) is 0 Å². The van der Waals surface area contributed by atoms with Crippen LogP contribution in [0.15, 0.2) is 0 Å². The van der Waals surface area contributed by atoms with Gasteiger partial charge in [0.05, 0.1) is 7.11 Å². The van der Waals surface area contributed by atoms with Crippen molar-refractivity contribution in [1.82, 2.24) is 5.32 Å². The normalized spacial score (nSPS) is 28.6. The van der Waals surface area contributed by atoms with E-state index in [4.69, 9.17) is 9.47 Å². The summed E-state index contributed by atoms with van der Waals surface area (Å²) in [4.78, 5) is 24.3. The lowest BCUT2D eigenvalue weighted by Crippen LogP contribution is -2.63. The molecule has 1 rings (SSSR count). The number of carbonyl (C=O) groups is 2. The summed E-state index contributed by atoms with van der Waals surface area (Å²) in [5.41, 5.74) is -1.97. The molecule has 0 spiro atoms. The zero-order chi connectivity index (χ0) is 14.0. The second-order valence-electron chi connectivity index (χ2n) is 5.92. The fraction of sp³-hybridized carbons (Fsp3) is 0.846. The van der Waals surface area contributed by atoms with Crippen molar-refractivity contribution < 1.29 is 19.1 Å². The van der Waals surface area contributed by atoms with Crippen LogP contribution in [0, 0.1) is 5.92 Å². The highest BCUT2D eigenvalue weighted by atomic mass is 16.6. The van der Waals surface area contributed by atoms with Crippen LogP contribution in [0.5, 0.6) is 0 Å². The number of methoxy groups -OCH3 is 1. The quantitative estimate of drug-likeness (QED) is 0.596. The van der Waals surface area contributed by atoms with Crippen molar-refractivity contribution in [2.24, 2.45) is 5.92 Å². The fourth-order valence-electron chi connectivity index (χ4n) is 2.16. The van der Waals surface area contributed by atoms with Crippen LogP contribution in [0.2, 0.25) is 0 Å². The third-order valence-corrected chi connectivity index (χ3v) is 3.00. The number of piperidine rings is 1. The highest BCUT2D eigenvalue weighted by Gasteiger charge is 2.51. The van der Waals surface area contributed by atoms with E-state index in [-0.39, 0.29) is 5.92 Å². The minimum Gasteiger partial charge on any atom is -0.467 e. The Morgan fingerprint density at radius 3 is 2.33 bits per heavy atom. The smallest absolute Gasteiger partial charge is 0.338 e. The molecular formula is C13H23NO4. The van der Waals surface area contributed by atoms with Gasteiger partial charge in [0.15, 0.2) is 0 Å². The Kier molecular flexibility index (Phi) is 4.37. The Morgan fingerprint density at radius 1 is 1.28 bits per heavy atom. The standard InChI is InChI=1S/C13H23NO4/c1-9-6-7-14-13(8-9,10(15)17-5)11(16)18-12(2,3)4/h9,14H,6-8H2,1-5H3/t9?,13-/m1/s1. The zero-order valence-electron chi connectivity index (χ0n) is 11.8. The predicted octanol–water partition coefficient (Wildman–Crippen LogP) is 1.26. The lowest BCUT2D eigenvalue weighted by molar-refractivity contribution is -0.175. The van der Waals surface area contributed by atoms with E-state index < -0.39 is 23.1 Å². The molecule has 2 atom stereocenters. The third kappa shape index (κ3) is 3.22. The van der Waals surface area contributed by atoms with Gasteiger partial charge in [-0.1, -0.05) is 6.92 Å². The number of carbonyl (C=O) groups excluding carboxylic acids is 2. The predicted molar refractivity (Wildman–Crippen MR) is 67.0 cm³/mol. The largest absolute Gasteiger partial charge is 0.467 e.